The third-order valence-corrected chi connectivity index (χ3v) is 7.21. The van der Waals surface area contributed by atoms with E-state index in [9.17, 15) is 17.6 Å². The number of halogens is 1. The number of amides is 1. The van der Waals surface area contributed by atoms with E-state index in [1.54, 1.807) is 0 Å². The van der Waals surface area contributed by atoms with Crippen molar-refractivity contribution in [1.82, 2.24) is 5.32 Å². The number of anilines is 1. The van der Waals surface area contributed by atoms with Gasteiger partial charge in [-0.3, -0.25) is 9.10 Å². The van der Waals surface area contributed by atoms with Crippen LogP contribution in [0.4, 0.5) is 10.1 Å². The van der Waals surface area contributed by atoms with Gasteiger partial charge in [0.25, 0.3) is 0 Å². The maximum Gasteiger partial charge on any atom is 0.244 e. The fourth-order valence-corrected chi connectivity index (χ4v) is 5.31. The Morgan fingerprint density at radius 3 is 2.42 bits per heavy atom. The van der Waals surface area contributed by atoms with Crippen molar-refractivity contribution in [3.63, 3.8) is 0 Å². The molecule has 2 aromatic rings. The molecule has 1 N–H and O–H groups in total. The monoisotopic (exact) mass is 448 g/mol. The first-order valence-corrected chi connectivity index (χ1v) is 12.3. The first kappa shape index (κ1) is 23.1. The van der Waals surface area contributed by atoms with Crippen molar-refractivity contribution >= 4 is 21.6 Å². The van der Waals surface area contributed by atoms with Crippen LogP contribution in [0.3, 0.4) is 0 Å². The smallest absolute Gasteiger partial charge is 0.244 e. The number of nitrogens with zero attached hydrogens (tertiary/aromatic N) is 1. The SMILES string of the molecule is CCC1(CC)CC(NC(=O)C(C)N(c2ccccc2F)S(C)(=O)=O)c2ccccc2O1. The van der Waals surface area contributed by atoms with Crippen LogP contribution >= 0.6 is 0 Å². The normalized spacial score (nSPS) is 18.4. The molecule has 31 heavy (non-hydrogen) atoms. The van der Waals surface area contributed by atoms with E-state index in [0.717, 1.165) is 29.0 Å². The van der Waals surface area contributed by atoms with Gasteiger partial charge in [0.15, 0.2) is 0 Å². The summed E-state index contributed by atoms with van der Waals surface area (Å²) in [5, 5.41) is 2.99. The van der Waals surface area contributed by atoms with Crippen molar-refractivity contribution in [3.8, 4) is 5.75 Å². The van der Waals surface area contributed by atoms with Crippen molar-refractivity contribution in [3.05, 3.63) is 59.9 Å². The summed E-state index contributed by atoms with van der Waals surface area (Å²) >= 11 is 0. The highest BCUT2D eigenvalue weighted by Crippen LogP contribution is 2.42. The zero-order valence-electron chi connectivity index (χ0n) is 18.3. The van der Waals surface area contributed by atoms with Gasteiger partial charge < -0.3 is 10.1 Å². The molecule has 1 heterocycles. The maximum absolute atomic E-state index is 14.4. The molecule has 168 valence electrons. The summed E-state index contributed by atoms with van der Waals surface area (Å²) < 4.78 is 46.4. The first-order chi connectivity index (χ1) is 14.6. The molecule has 6 nitrogen and oxygen atoms in total. The molecule has 0 radical (unpaired) electrons. The number of carbonyl (C=O) groups excluding carboxylic acids is 1. The third kappa shape index (κ3) is 4.69. The number of hydrogen-bond acceptors (Lipinski definition) is 4. The van der Waals surface area contributed by atoms with Gasteiger partial charge in [-0.1, -0.05) is 44.2 Å². The van der Waals surface area contributed by atoms with Gasteiger partial charge in [0.05, 0.1) is 18.0 Å². The summed E-state index contributed by atoms with van der Waals surface area (Å²) in [4.78, 5) is 13.2. The summed E-state index contributed by atoms with van der Waals surface area (Å²) in [5.74, 6) is -0.499. The molecule has 0 spiro atoms. The summed E-state index contributed by atoms with van der Waals surface area (Å²) in [6.45, 7) is 5.55. The number of para-hydroxylation sites is 2. The van der Waals surface area contributed by atoms with Gasteiger partial charge >= 0.3 is 0 Å². The highest BCUT2D eigenvalue weighted by atomic mass is 32.2. The van der Waals surface area contributed by atoms with Crippen LogP contribution in [0.15, 0.2) is 48.5 Å². The van der Waals surface area contributed by atoms with Gasteiger partial charge in [0.2, 0.25) is 15.9 Å². The lowest BCUT2D eigenvalue weighted by Gasteiger charge is -2.42. The number of benzene rings is 2. The van der Waals surface area contributed by atoms with E-state index in [-0.39, 0.29) is 11.7 Å². The predicted octanol–water partition coefficient (Wildman–Crippen LogP) is 4.18. The van der Waals surface area contributed by atoms with Crippen molar-refractivity contribution in [2.24, 2.45) is 0 Å². The van der Waals surface area contributed by atoms with Gasteiger partial charge in [-0.15, -0.1) is 0 Å². The minimum atomic E-state index is -3.91. The Bertz CT molecular complexity index is 1050. The topological polar surface area (TPSA) is 75.7 Å². The molecular formula is C23H29FN2O4S. The van der Waals surface area contributed by atoms with Crippen LogP contribution in [0.25, 0.3) is 0 Å². The van der Waals surface area contributed by atoms with Crippen molar-refractivity contribution in [2.75, 3.05) is 10.6 Å². The van der Waals surface area contributed by atoms with Crippen LogP contribution < -0.4 is 14.4 Å². The largest absolute Gasteiger partial charge is 0.487 e. The Labute approximate surface area is 183 Å². The molecule has 2 aromatic carbocycles. The Hall–Kier alpha value is -2.61. The molecule has 2 atom stereocenters. The molecule has 1 amide bonds. The van der Waals surface area contributed by atoms with E-state index in [0.29, 0.717) is 12.2 Å². The van der Waals surface area contributed by atoms with Gasteiger partial charge in [-0.25, -0.2) is 12.8 Å². The molecule has 0 aliphatic carbocycles. The molecule has 0 fully saturated rings. The molecule has 0 aromatic heterocycles. The second kappa shape index (κ2) is 8.86. The lowest BCUT2D eigenvalue weighted by atomic mass is 9.83. The fourth-order valence-electron chi connectivity index (χ4n) is 4.13. The number of fused-ring (bicyclic) bond motifs is 1. The van der Waals surface area contributed by atoms with Gasteiger partial charge in [0.1, 0.15) is 23.2 Å². The molecule has 8 heteroatoms. The second-order valence-corrected chi connectivity index (χ2v) is 9.84. The van der Waals surface area contributed by atoms with E-state index in [2.05, 4.69) is 5.32 Å². The Morgan fingerprint density at radius 1 is 1.19 bits per heavy atom. The van der Waals surface area contributed by atoms with Crippen LogP contribution in [0, 0.1) is 5.82 Å². The minimum Gasteiger partial charge on any atom is -0.487 e. The van der Waals surface area contributed by atoms with Gasteiger partial charge in [-0.2, -0.15) is 0 Å². The molecule has 1 aliphatic heterocycles. The minimum absolute atomic E-state index is 0.156. The van der Waals surface area contributed by atoms with Gasteiger partial charge in [-0.05, 0) is 38.0 Å². The van der Waals surface area contributed by atoms with Crippen molar-refractivity contribution in [2.45, 2.75) is 57.7 Å². The molecule has 2 unspecified atom stereocenters. The highest BCUT2D eigenvalue weighted by Gasteiger charge is 2.40. The number of nitrogens with one attached hydrogen (secondary N) is 1. The predicted molar refractivity (Wildman–Crippen MR) is 119 cm³/mol. The fraction of sp³-hybridized carbons (Fsp3) is 0.435. The van der Waals surface area contributed by atoms with E-state index in [1.807, 2.05) is 38.1 Å². The Kier molecular flexibility index (Phi) is 6.59. The van der Waals surface area contributed by atoms with Crippen LogP contribution in [-0.2, 0) is 14.8 Å². The molecule has 1 aliphatic rings. The quantitative estimate of drug-likeness (QED) is 0.690. The zero-order valence-corrected chi connectivity index (χ0v) is 19.1. The Morgan fingerprint density at radius 2 is 1.81 bits per heavy atom. The van der Waals surface area contributed by atoms with Crippen LogP contribution in [-0.4, -0.2) is 32.2 Å². The maximum atomic E-state index is 14.4. The summed E-state index contributed by atoms with van der Waals surface area (Å²) in [6.07, 6.45) is 3.06. The van der Waals surface area contributed by atoms with Crippen molar-refractivity contribution in [1.29, 1.82) is 0 Å². The third-order valence-electron chi connectivity index (χ3n) is 5.98. The van der Waals surface area contributed by atoms with E-state index in [4.69, 9.17) is 4.74 Å². The average Bonchev–Trinajstić information content (AvgIpc) is 2.74. The molecule has 3 rings (SSSR count). The lowest BCUT2D eigenvalue weighted by Crippen LogP contribution is -2.51. The molecule has 0 bridgehead atoms. The van der Waals surface area contributed by atoms with E-state index in [1.165, 1.54) is 31.2 Å². The number of rotatable bonds is 7. The Balaban J connectivity index is 1.93. The number of sulfonamides is 1. The number of carbonyl (C=O) groups is 1. The van der Waals surface area contributed by atoms with Crippen LogP contribution in [0.5, 0.6) is 5.75 Å². The second-order valence-electron chi connectivity index (χ2n) is 7.98. The number of ether oxygens (including phenoxy) is 1. The summed E-state index contributed by atoms with van der Waals surface area (Å²) in [7, 11) is -3.91. The van der Waals surface area contributed by atoms with E-state index < -0.39 is 33.4 Å². The molecule has 0 saturated heterocycles. The lowest BCUT2D eigenvalue weighted by molar-refractivity contribution is -0.123. The van der Waals surface area contributed by atoms with E-state index >= 15 is 0 Å². The molecular weight excluding hydrogens is 419 g/mol. The number of hydrogen-bond donors (Lipinski definition) is 1. The average molecular weight is 449 g/mol. The zero-order chi connectivity index (χ0) is 22.8. The summed E-state index contributed by atoms with van der Waals surface area (Å²) in [6, 6.07) is 11.6. The standard InChI is InChI=1S/C23H29FN2O4S/c1-5-23(6-2)15-19(17-11-7-10-14-21(17)30-23)25-22(27)16(3)26(31(4,28)29)20-13-9-8-12-18(20)24/h7-14,16,19H,5-6,15H2,1-4H3,(H,25,27). The summed E-state index contributed by atoms with van der Waals surface area (Å²) in [5.41, 5.74) is 0.270. The van der Waals surface area contributed by atoms with Crippen LogP contribution in [0.2, 0.25) is 0 Å². The first-order valence-electron chi connectivity index (χ1n) is 10.4. The molecule has 0 saturated carbocycles. The van der Waals surface area contributed by atoms with Gasteiger partial charge in [0, 0.05) is 12.0 Å². The van der Waals surface area contributed by atoms with Crippen molar-refractivity contribution < 1.29 is 22.3 Å². The van der Waals surface area contributed by atoms with Crippen LogP contribution in [0.1, 0.15) is 51.6 Å². The highest BCUT2D eigenvalue weighted by molar-refractivity contribution is 7.92.